The number of Topliss-reactive ketones (excluding diaryl/α,β-unsaturated/α-hetero) is 2. The number of fused-ring (bicyclic) bond motifs is 3. The van der Waals surface area contributed by atoms with Crippen molar-refractivity contribution in [1.29, 1.82) is 0 Å². The third-order valence-electron chi connectivity index (χ3n) is 7.36. The molecule has 2 unspecified atom stereocenters. The molecule has 10 nitrogen and oxygen atoms in total. The maximum atomic E-state index is 13.6. The zero-order chi connectivity index (χ0) is 24.5. The Morgan fingerprint density at radius 3 is 2.56 bits per heavy atom. The lowest BCUT2D eigenvalue weighted by atomic mass is 9.57. The molecule has 8 N–H and O–H groups in total. The van der Waals surface area contributed by atoms with Crippen LogP contribution in [0.5, 0.6) is 5.75 Å². The van der Waals surface area contributed by atoms with Crippen LogP contribution >= 0.6 is 0 Å². The molecule has 5 rings (SSSR count). The molecule has 3 aliphatic carbocycles. The zero-order valence-electron chi connectivity index (χ0n) is 17.9. The van der Waals surface area contributed by atoms with Crippen molar-refractivity contribution < 1.29 is 34.8 Å². The predicted octanol–water partition coefficient (Wildman–Crippen LogP) is 0.390. The largest absolute Gasteiger partial charge is 0.508 e. The molecule has 1 heterocycles. The van der Waals surface area contributed by atoms with E-state index < -0.39 is 58.4 Å². The molecule has 1 aromatic carbocycles. The second-order valence-electron chi connectivity index (χ2n) is 9.17. The molecule has 0 spiro atoms. The first-order valence-corrected chi connectivity index (χ1v) is 10.8. The van der Waals surface area contributed by atoms with Gasteiger partial charge in [-0.2, -0.15) is 0 Å². The summed E-state index contributed by atoms with van der Waals surface area (Å²) in [5.74, 6) is -7.64. The summed E-state index contributed by atoms with van der Waals surface area (Å²) in [4.78, 5) is 42.7. The van der Waals surface area contributed by atoms with Crippen LogP contribution in [-0.2, 0) is 16.0 Å². The molecule has 0 radical (unpaired) electrons. The van der Waals surface area contributed by atoms with Crippen LogP contribution in [0.15, 0.2) is 41.8 Å². The van der Waals surface area contributed by atoms with Crippen LogP contribution in [0.2, 0.25) is 0 Å². The van der Waals surface area contributed by atoms with Crippen molar-refractivity contribution in [3.63, 3.8) is 0 Å². The number of benzene rings is 1. The maximum Gasteiger partial charge on any atom is 0.230 e. The summed E-state index contributed by atoms with van der Waals surface area (Å²) in [6.45, 7) is 0. The summed E-state index contributed by atoms with van der Waals surface area (Å²) in [6, 6.07) is 6.77. The van der Waals surface area contributed by atoms with Gasteiger partial charge in [0.1, 0.15) is 17.4 Å². The fraction of sp³-hybridized carbons (Fsp3) is 0.333. The third-order valence-corrected chi connectivity index (χ3v) is 7.36. The lowest BCUT2D eigenvalue weighted by Crippen LogP contribution is -2.63. The number of nitrogens with zero attached hydrogens (tertiary/aromatic N) is 1. The van der Waals surface area contributed by atoms with Crippen LogP contribution in [0.1, 0.15) is 28.8 Å². The molecule has 0 aliphatic heterocycles. The number of nitrogen functional groups attached to an aromatic ring is 1. The van der Waals surface area contributed by atoms with Crippen LogP contribution < -0.4 is 11.5 Å². The topological polar surface area (TPSA) is 197 Å². The van der Waals surface area contributed by atoms with E-state index in [1.807, 2.05) is 0 Å². The first-order chi connectivity index (χ1) is 16.1. The minimum absolute atomic E-state index is 0.0654. The van der Waals surface area contributed by atoms with Crippen LogP contribution in [0, 0.1) is 17.8 Å². The molecular weight excluding hydrogens is 442 g/mol. The van der Waals surface area contributed by atoms with Gasteiger partial charge in [-0.25, -0.2) is 0 Å². The van der Waals surface area contributed by atoms with E-state index in [-0.39, 0.29) is 36.1 Å². The van der Waals surface area contributed by atoms with Gasteiger partial charge >= 0.3 is 0 Å². The number of aliphatic hydroxyl groups excluding tert-OH is 2. The summed E-state index contributed by atoms with van der Waals surface area (Å²) >= 11 is 0. The number of anilines is 1. The minimum Gasteiger partial charge on any atom is -0.508 e. The van der Waals surface area contributed by atoms with Crippen LogP contribution in [-0.4, -0.2) is 54.6 Å². The lowest BCUT2D eigenvalue weighted by molar-refractivity contribution is -0.167. The number of hydrogen-bond donors (Lipinski definition) is 6. The van der Waals surface area contributed by atoms with E-state index in [0.717, 1.165) is 0 Å². The number of amides is 1. The number of aromatic hydroxyl groups is 1. The number of aromatic nitrogens is 1. The average Bonchev–Trinajstić information content (AvgIpc) is 2.79. The van der Waals surface area contributed by atoms with Gasteiger partial charge in [0.2, 0.25) is 5.91 Å². The number of carbonyl (C=O) groups excluding carboxylic acids is 3. The van der Waals surface area contributed by atoms with Gasteiger partial charge in [-0.15, -0.1) is 0 Å². The van der Waals surface area contributed by atoms with Gasteiger partial charge < -0.3 is 31.9 Å². The monoisotopic (exact) mass is 465 g/mol. The van der Waals surface area contributed by atoms with Gasteiger partial charge in [-0.3, -0.25) is 19.4 Å². The van der Waals surface area contributed by atoms with Gasteiger partial charge in [0.25, 0.3) is 0 Å². The number of rotatable bonds is 2. The number of nitrogens with two attached hydrogens (primary N) is 2. The Balaban J connectivity index is 1.71. The molecule has 3 aliphatic rings. The van der Waals surface area contributed by atoms with E-state index in [0.29, 0.717) is 16.8 Å². The Labute approximate surface area is 193 Å². The normalized spacial score (nSPS) is 30.4. The quantitative estimate of drug-likeness (QED) is 0.206. The Kier molecular flexibility index (Phi) is 4.78. The first-order valence-electron chi connectivity index (χ1n) is 10.8. The van der Waals surface area contributed by atoms with Crippen molar-refractivity contribution >= 4 is 23.2 Å². The number of aliphatic hydroxyl groups is 3. The van der Waals surface area contributed by atoms with E-state index >= 15 is 0 Å². The Hall–Kier alpha value is -3.76. The molecule has 34 heavy (non-hydrogen) atoms. The summed E-state index contributed by atoms with van der Waals surface area (Å²) in [5.41, 5.74) is 9.85. The highest BCUT2D eigenvalue weighted by molar-refractivity contribution is 6.17. The highest BCUT2D eigenvalue weighted by atomic mass is 16.3. The number of allylic oxidation sites excluding steroid dienone is 1. The second-order valence-corrected chi connectivity index (χ2v) is 9.17. The second kappa shape index (κ2) is 7.37. The van der Waals surface area contributed by atoms with Crippen molar-refractivity contribution in [3.05, 3.63) is 52.9 Å². The van der Waals surface area contributed by atoms with Crippen molar-refractivity contribution in [2.24, 2.45) is 23.5 Å². The molecule has 10 heteroatoms. The van der Waals surface area contributed by atoms with Crippen LogP contribution in [0.4, 0.5) is 5.69 Å². The Morgan fingerprint density at radius 1 is 1.18 bits per heavy atom. The molecule has 1 aromatic heterocycles. The van der Waals surface area contributed by atoms with Crippen LogP contribution in [0.3, 0.4) is 0 Å². The van der Waals surface area contributed by atoms with Gasteiger partial charge in [0.15, 0.2) is 17.2 Å². The molecule has 2 aromatic rings. The fourth-order valence-electron chi connectivity index (χ4n) is 5.77. The molecular formula is C24H23N3O7. The highest BCUT2D eigenvalue weighted by Gasteiger charge is 2.62. The fourth-order valence-corrected chi connectivity index (χ4v) is 5.77. The van der Waals surface area contributed by atoms with Crippen molar-refractivity contribution in [3.8, 4) is 17.0 Å². The number of pyridine rings is 1. The Morgan fingerprint density at radius 2 is 1.91 bits per heavy atom. The predicted molar refractivity (Wildman–Crippen MR) is 118 cm³/mol. The third kappa shape index (κ3) is 2.82. The van der Waals surface area contributed by atoms with E-state index in [1.165, 1.54) is 6.07 Å². The van der Waals surface area contributed by atoms with Gasteiger partial charge in [0, 0.05) is 23.3 Å². The zero-order valence-corrected chi connectivity index (χ0v) is 17.9. The van der Waals surface area contributed by atoms with Crippen molar-refractivity contribution in [1.82, 2.24) is 4.98 Å². The number of hydrogen-bond acceptors (Lipinski definition) is 9. The molecule has 1 fully saturated rings. The van der Waals surface area contributed by atoms with Gasteiger partial charge in [-0.05, 0) is 48.9 Å². The number of ketones is 2. The molecule has 1 amide bonds. The number of carbonyl (C=O) groups is 3. The summed E-state index contributed by atoms with van der Waals surface area (Å²) in [5, 5.41) is 43.4. The summed E-state index contributed by atoms with van der Waals surface area (Å²) < 4.78 is 0. The standard InChI is InChI=1S/C24H23N3O7/c25-13-8-11(14-3-1-2-4-27-14)12-6-9-5-10-7-15(28)18(23(26)33)22(32)24(10,34)21(31)16(9)20(30)17(12)19(13)29/h1-4,8-10,15,18,28-29,31,34H,5-7,25H2,(H2,26,33)/t9-,10+,15?,18?,24+/m1/s1. The minimum atomic E-state index is -2.54. The molecule has 0 saturated heterocycles. The first kappa shape index (κ1) is 22.1. The van der Waals surface area contributed by atoms with Crippen LogP contribution in [0.25, 0.3) is 11.3 Å². The van der Waals surface area contributed by atoms with E-state index in [2.05, 4.69) is 4.98 Å². The molecule has 1 saturated carbocycles. The lowest BCUT2D eigenvalue weighted by Gasteiger charge is -2.48. The smallest absolute Gasteiger partial charge is 0.230 e. The van der Waals surface area contributed by atoms with Crippen molar-refractivity contribution in [2.75, 3.05) is 5.73 Å². The van der Waals surface area contributed by atoms with E-state index in [1.54, 1.807) is 24.4 Å². The maximum absolute atomic E-state index is 13.6. The molecule has 176 valence electrons. The Bertz CT molecular complexity index is 1290. The summed E-state index contributed by atoms with van der Waals surface area (Å²) in [6.07, 6.45) is 0.282. The van der Waals surface area contributed by atoms with Gasteiger partial charge in [-0.1, -0.05) is 6.07 Å². The van der Waals surface area contributed by atoms with E-state index in [4.69, 9.17) is 11.5 Å². The van der Waals surface area contributed by atoms with E-state index in [9.17, 15) is 34.8 Å². The molecule has 0 bridgehead atoms. The average molecular weight is 465 g/mol. The highest BCUT2D eigenvalue weighted by Crippen LogP contribution is 2.53. The SMILES string of the molecule is NC(=O)C1C(=O)[C@@]2(O)C(O)=C3C(=O)c4c(O)c(N)cc(-c5ccccn5)c4C[C@H]3C[C@H]2CC1O. The number of phenols is 1. The molecule has 5 atom stereocenters. The van der Waals surface area contributed by atoms with Crippen molar-refractivity contribution in [2.45, 2.75) is 31.0 Å². The summed E-state index contributed by atoms with van der Waals surface area (Å²) in [7, 11) is 0. The number of primary amides is 1. The number of phenolic OH excluding ortho intramolecular Hbond substituents is 1. The van der Waals surface area contributed by atoms with Gasteiger partial charge in [0.05, 0.1) is 23.0 Å².